The second-order valence-electron chi connectivity index (χ2n) is 8.39. The third-order valence-electron chi connectivity index (χ3n) is 6.07. The van der Waals surface area contributed by atoms with Gasteiger partial charge in [0, 0.05) is 5.02 Å². The number of hydrogen-bond donors (Lipinski definition) is 1. The molecular formula is C24H19Cl3N4O5S. The van der Waals surface area contributed by atoms with Gasteiger partial charge in [-0.25, -0.2) is 22.5 Å². The number of hydrogen-bond acceptors (Lipinski definition) is 6. The van der Waals surface area contributed by atoms with Gasteiger partial charge < -0.3 is 10.1 Å². The van der Waals surface area contributed by atoms with Gasteiger partial charge >= 0.3 is 6.09 Å². The Bertz CT molecular complexity index is 1500. The Kier molecular flexibility index (Phi) is 6.93. The molecule has 0 spiro atoms. The molecule has 1 atom stereocenters. The van der Waals surface area contributed by atoms with Gasteiger partial charge in [-0.3, -0.25) is 9.69 Å². The molecular weight excluding hydrogens is 563 g/mol. The minimum atomic E-state index is -4.14. The molecule has 2 aromatic carbocycles. The van der Waals surface area contributed by atoms with E-state index in [0.717, 1.165) is 4.31 Å². The average molecular weight is 582 g/mol. The number of nitrogens with one attached hydrogen (secondary N) is 1. The highest BCUT2D eigenvalue weighted by molar-refractivity contribution is 7.92. The molecule has 1 saturated heterocycles. The summed E-state index contributed by atoms with van der Waals surface area (Å²) in [4.78, 5) is 31.1. The van der Waals surface area contributed by atoms with Gasteiger partial charge in [-0.15, -0.1) is 0 Å². The Morgan fingerprint density at radius 2 is 1.78 bits per heavy atom. The Morgan fingerprint density at radius 3 is 2.46 bits per heavy atom. The van der Waals surface area contributed by atoms with E-state index in [0.29, 0.717) is 18.5 Å². The second kappa shape index (κ2) is 10.0. The zero-order valence-corrected chi connectivity index (χ0v) is 22.1. The number of benzene rings is 2. The zero-order chi connectivity index (χ0) is 26.3. The minimum Gasteiger partial charge on any atom is -0.448 e. The average Bonchev–Trinajstić information content (AvgIpc) is 3.29. The lowest BCUT2D eigenvalue weighted by atomic mass is 10.0. The molecule has 1 N–H and O–H groups in total. The van der Waals surface area contributed by atoms with Crippen molar-refractivity contribution in [1.82, 2.24) is 9.88 Å². The van der Waals surface area contributed by atoms with E-state index < -0.39 is 28.1 Å². The summed E-state index contributed by atoms with van der Waals surface area (Å²) >= 11 is 18.4. The second-order valence-corrected chi connectivity index (χ2v) is 11.5. The van der Waals surface area contributed by atoms with E-state index in [2.05, 4.69) is 10.3 Å². The molecule has 0 aliphatic carbocycles. The predicted molar refractivity (Wildman–Crippen MR) is 140 cm³/mol. The van der Waals surface area contributed by atoms with Crippen LogP contribution in [-0.4, -0.2) is 56.0 Å². The highest BCUT2D eigenvalue weighted by Gasteiger charge is 2.40. The first-order valence-electron chi connectivity index (χ1n) is 11.1. The molecule has 0 bridgehead atoms. The fourth-order valence-electron chi connectivity index (χ4n) is 4.32. The first-order chi connectivity index (χ1) is 17.6. The topological polar surface area (TPSA) is 109 Å². The quantitative estimate of drug-likeness (QED) is 0.461. The summed E-state index contributed by atoms with van der Waals surface area (Å²) in [6.45, 7) is 0.527. The van der Waals surface area contributed by atoms with Crippen molar-refractivity contribution in [2.24, 2.45) is 0 Å². The van der Waals surface area contributed by atoms with Gasteiger partial charge in [-0.05, 0) is 48.4 Å². The first kappa shape index (κ1) is 25.6. The monoisotopic (exact) mass is 580 g/mol. The number of pyridine rings is 1. The molecule has 192 valence electrons. The van der Waals surface area contributed by atoms with E-state index >= 15 is 0 Å². The molecule has 5 rings (SSSR count). The normalized spacial score (nSPS) is 17.4. The molecule has 2 amide bonds. The lowest BCUT2D eigenvalue weighted by Crippen LogP contribution is -2.51. The summed E-state index contributed by atoms with van der Waals surface area (Å²) in [5.74, 6) is -0.363. The van der Waals surface area contributed by atoms with E-state index in [1.807, 2.05) is 0 Å². The molecule has 1 aromatic heterocycles. The number of cyclic esters (lactones) is 1. The predicted octanol–water partition coefficient (Wildman–Crippen LogP) is 4.87. The van der Waals surface area contributed by atoms with Crippen molar-refractivity contribution in [1.29, 1.82) is 0 Å². The van der Waals surface area contributed by atoms with E-state index in [4.69, 9.17) is 39.5 Å². The van der Waals surface area contributed by atoms with Crippen molar-refractivity contribution in [3.8, 4) is 0 Å². The van der Waals surface area contributed by atoms with Crippen LogP contribution in [0.1, 0.15) is 15.9 Å². The van der Waals surface area contributed by atoms with Crippen LogP contribution in [0.2, 0.25) is 15.1 Å². The number of fused-ring (bicyclic) bond motifs is 1. The van der Waals surface area contributed by atoms with Crippen molar-refractivity contribution in [2.45, 2.75) is 17.4 Å². The van der Waals surface area contributed by atoms with E-state index in [9.17, 15) is 18.0 Å². The number of rotatable bonds is 5. The highest BCUT2D eigenvalue weighted by Crippen LogP contribution is 2.35. The molecule has 0 saturated carbocycles. The van der Waals surface area contributed by atoms with Crippen LogP contribution < -0.4 is 9.62 Å². The number of aromatic nitrogens is 1. The lowest BCUT2D eigenvalue weighted by molar-refractivity contribution is 0.102. The standard InChI is InChI=1S/C24H19Cl3N4O5S/c25-15-3-1-4-17(12-15)37(34,35)31-13-16(30-9-10-36-24(30)33)11-14-7-8-20(28-22(14)31)29-23(32)21-18(26)5-2-6-19(21)27/h1-8,12,16H,9-11,13H2,(H,28,29,32). The molecule has 3 heterocycles. The van der Waals surface area contributed by atoms with Crippen LogP contribution in [0.25, 0.3) is 0 Å². The van der Waals surface area contributed by atoms with Crippen molar-refractivity contribution >= 4 is 68.5 Å². The maximum absolute atomic E-state index is 13.8. The summed E-state index contributed by atoms with van der Waals surface area (Å²) < 4.78 is 33.7. The number of anilines is 2. The Morgan fingerprint density at radius 1 is 1.05 bits per heavy atom. The van der Waals surface area contributed by atoms with Gasteiger partial charge in [0.05, 0.1) is 39.6 Å². The number of amides is 2. The summed E-state index contributed by atoms with van der Waals surface area (Å²) in [6, 6.07) is 13.3. The SMILES string of the molecule is O=C(Nc1ccc2c(n1)N(S(=O)(=O)c1cccc(Cl)c1)CC(N1CCOC1=O)C2)c1c(Cl)cccc1Cl. The molecule has 1 unspecified atom stereocenters. The smallest absolute Gasteiger partial charge is 0.410 e. The van der Waals surface area contributed by atoms with Crippen LogP contribution in [-0.2, 0) is 21.2 Å². The molecule has 13 heteroatoms. The van der Waals surface area contributed by atoms with Crippen molar-refractivity contribution < 1.29 is 22.7 Å². The van der Waals surface area contributed by atoms with Gasteiger partial charge in [0.1, 0.15) is 18.2 Å². The summed E-state index contributed by atoms with van der Waals surface area (Å²) in [5.41, 5.74) is 0.650. The third-order valence-corrected chi connectivity index (χ3v) is 8.69. The van der Waals surface area contributed by atoms with Crippen LogP contribution in [0.3, 0.4) is 0 Å². The van der Waals surface area contributed by atoms with E-state index in [1.165, 1.54) is 35.2 Å². The zero-order valence-electron chi connectivity index (χ0n) is 19.0. The molecule has 2 aliphatic rings. The first-order valence-corrected chi connectivity index (χ1v) is 13.7. The fraction of sp³-hybridized carbons (Fsp3) is 0.208. The fourth-order valence-corrected chi connectivity index (χ4v) is 6.68. The van der Waals surface area contributed by atoms with Crippen molar-refractivity contribution in [3.63, 3.8) is 0 Å². The number of nitrogens with zero attached hydrogens (tertiary/aromatic N) is 3. The van der Waals surface area contributed by atoms with Crippen molar-refractivity contribution in [3.05, 3.63) is 80.8 Å². The van der Waals surface area contributed by atoms with Crippen LogP contribution >= 0.6 is 34.8 Å². The number of carbonyl (C=O) groups is 2. The van der Waals surface area contributed by atoms with Gasteiger partial charge in [-0.1, -0.05) is 53.0 Å². The number of halogens is 3. The van der Waals surface area contributed by atoms with E-state index in [-0.39, 0.29) is 50.3 Å². The Labute approximate surface area is 227 Å². The number of sulfonamides is 1. The lowest BCUT2D eigenvalue weighted by Gasteiger charge is -2.37. The van der Waals surface area contributed by atoms with Gasteiger partial charge in [0.15, 0.2) is 0 Å². The van der Waals surface area contributed by atoms with Crippen LogP contribution in [0.4, 0.5) is 16.4 Å². The Hall–Kier alpha value is -3.05. The number of ether oxygens (including phenoxy) is 1. The molecule has 9 nitrogen and oxygen atoms in total. The van der Waals surface area contributed by atoms with Gasteiger partial charge in [0.25, 0.3) is 15.9 Å². The van der Waals surface area contributed by atoms with Crippen LogP contribution in [0.5, 0.6) is 0 Å². The van der Waals surface area contributed by atoms with Crippen molar-refractivity contribution in [2.75, 3.05) is 29.3 Å². The molecule has 37 heavy (non-hydrogen) atoms. The summed E-state index contributed by atoms with van der Waals surface area (Å²) in [6.07, 6.45) is -0.147. The van der Waals surface area contributed by atoms with Gasteiger partial charge in [-0.2, -0.15) is 0 Å². The summed E-state index contributed by atoms with van der Waals surface area (Å²) in [7, 11) is -4.14. The van der Waals surface area contributed by atoms with Crippen LogP contribution in [0.15, 0.2) is 59.5 Å². The molecule has 1 fully saturated rings. The molecule has 3 aromatic rings. The highest BCUT2D eigenvalue weighted by atomic mass is 35.5. The Balaban J connectivity index is 1.54. The summed E-state index contributed by atoms with van der Waals surface area (Å²) in [5, 5.41) is 3.21. The minimum absolute atomic E-state index is 0.0327. The molecule has 0 radical (unpaired) electrons. The third kappa shape index (κ3) is 4.94. The van der Waals surface area contributed by atoms with E-state index in [1.54, 1.807) is 24.3 Å². The maximum atomic E-state index is 13.8. The van der Waals surface area contributed by atoms with Crippen LogP contribution in [0, 0.1) is 0 Å². The largest absolute Gasteiger partial charge is 0.448 e. The molecule has 2 aliphatic heterocycles. The van der Waals surface area contributed by atoms with Gasteiger partial charge in [0.2, 0.25) is 0 Å². The number of carbonyl (C=O) groups excluding carboxylic acids is 2. The maximum Gasteiger partial charge on any atom is 0.410 e.